The van der Waals surface area contributed by atoms with Crippen molar-refractivity contribution in [1.82, 2.24) is 5.32 Å². The minimum atomic E-state index is -0.890. The van der Waals surface area contributed by atoms with Crippen LogP contribution in [-0.2, 0) is 4.79 Å². The Hall–Kier alpha value is -0.610. The molecule has 0 rings (SSSR count). The van der Waals surface area contributed by atoms with Crippen molar-refractivity contribution in [3.8, 4) is 0 Å². The molecule has 4 nitrogen and oxygen atoms in total. The third-order valence-electron chi connectivity index (χ3n) is 4.14. The van der Waals surface area contributed by atoms with Gasteiger partial charge < -0.3 is 16.2 Å². The topological polar surface area (TPSA) is 75.3 Å². The molecule has 0 saturated carbocycles. The Kier molecular flexibility index (Phi) is 16.3. The molecule has 0 aliphatic carbocycles. The van der Waals surface area contributed by atoms with E-state index in [1.165, 1.54) is 64.2 Å². The second-order valence-corrected chi connectivity index (χ2v) is 6.37. The SMILES string of the molecule is CCCCCCCCCCCCNCCCC[C@H](N)C(=O)O. The Morgan fingerprint density at radius 1 is 0.864 bits per heavy atom. The predicted octanol–water partition coefficient (Wildman–Crippen LogP) is 4.08. The second kappa shape index (κ2) is 16.8. The van der Waals surface area contributed by atoms with Crippen molar-refractivity contribution in [3.05, 3.63) is 0 Å². The van der Waals surface area contributed by atoms with E-state index < -0.39 is 12.0 Å². The highest BCUT2D eigenvalue weighted by Crippen LogP contribution is 2.10. The lowest BCUT2D eigenvalue weighted by Crippen LogP contribution is -2.30. The van der Waals surface area contributed by atoms with Crippen molar-refractivity contribution in [2.24, 2.45) is 5.73 Å². The Bertz CT molecular complexity index is 247. The van der Waals surface area contributed by atoms with E-state index in [2.05, 4.69) is 12.2 Å². The quantitative estimate of drug-likeness (QED) is 0.354. The molecule has 0 aliphatic rings. The van der Waals surface area contributed by atoms with E-state index in [1.54, 1.807) is 0 Å². The van der Waals surface area contributed by atoms with Gasteiger partial charge in [0.15, 0.2) is 0 Å². The second-order valence-electron chi connectivity index (χ2n) is 6.37. The molecular weight excluding hydrogens is 276 g/mol. The van der Waals surface area contributed by atoms with Crippen LogP contribution < -0.4 is 11.1 Å². The molecule has 22 heavy (non-hydrogen) atoms. The van der Waals surface area contributed by atoms with Crippen LogP contribution in [0, 0.1) is 0 Å². The first-order valence-corrected chi connectivity index (χ1v) is 9.37. The van der Waals surface area contributed by atoms with Gasteiger partial charge in [-0.05, 0) is 32.4 Å². The Balaban J connectivity index is 3.04. The molecule has 0 aromatic rings. The van der Waals surface area contributed by atoms with Gasteiger partial charge in [0.05, 0.1) is 0 Å². The van der Waals surface area contributed by atoms with Gasteiger partial charge in [-0.1, -0.05) is 71.1 Å². The molecule has 0 aliphatic heterocycles. The minimum Gasteiger partial charge on any atom is -0.480 e. The number of hydrogen-bond acceptors (Lipinski definition) is 3. The lowest BCUT2D eigenvalue weighted by molar-refractivity contribution is -0.138. The Labute approximate surface area is 137 Å². The maximum Gasteiger partial charge on any atom is 0.320 e. The van der Waals surface area contributed by atoms with E-state index in [0.29, 0.717) is 6.42 Å². The molecule has 1 atom stereocenters. The summed E-state index contributed by atoms with van der Waals surface area (Å²) in [5.41, 5.74) is 5.45. The smallest absolute Gasteiger partial charge is 0.320 e. The van der Waals surface area contributed by atoms with Gasteiger partial charge >= 0.3 is 5.97 Å². The molecule has 0 unspecified atom stereocenters. The van der Waals surface area contributed by atoms with Crippen LogP contribution in [-0.4, -0.2) is 30.2 Å². The molecule has 4 heteroatoms. The summed E-state index contributed by atoms with van der Waals surface area (Å²) >= 11 is 0. The van der Waals surface area contributed by atoms with E-state index >= 15 is 0 Å². The van der Waals surface area contributed by atoms with Crippen molar-refractivity contribution in [1.29, 1.82) is 0 Å². The van der Waals surface area contributed by atoms with Gasteiger partial charge in [0.2, 0.25) is 0 Å². The van der Waals surface area contributed by atoms with Crippen molar-refractivity contribution >= 4 is 5.97 Å². The van der Waals surface area contributed by atoms with Gasteiger partial charge in [-0.25, -0.2) is 0 Å². The molecule has 0 bridgehead atoms. The van der Waals surface area contributed by atoms with Crippen molar-refractivity contribution in [2.45, 2.75) is 96.4 Å². The van der Waals surface area contributed by atoms with E-state index in [4.69, 9.17) is 10.8 Å². The number of aliphatic carboxylic acids is 1. The summed E-state index contributed by atoms with van der Waals surface area (Å²) in [5.74, 6) is -0.890. The largest absolute Gasteiger partial charge is 0.480 e. The molecule has 0 aromatic heterocycles. The number of nitrogens with one attached hydrogen (secondary N) is 1. The summed E-state index contributed by atoms with van der Waals surface area (Å²) in [7, 11) is 0. The number of unbranched alkanes of at least 4 members (excludes halogenated alkanes) is 10. The highest BCUT2D eigenvalue weighted by molar-refractivity contribution is 5.72. The number of carboxylic acid groups (broad SMARTS) is 1. The van der Waals surface area contributed by atoms with Crippen LogP contribution in [0.5, 0.6) is 0 Å². The van der Waals surface area contributed by atoms with Crippen LogP contribution in [0.15, 0.2) is 0 Å². The van der Waals surface area contributed by atoms with E-state index in [0.717, 1.165) is 25.9 Å². The monoisotopic (exact) mass is 314 g/mol. The van der Waals surface area contributed by atoms with Gasteiger partial charge in [0, 0.05) is 0 Å². The molecular formula is C18H38N2O2. The summed E-state index contributed by atoms with van der Waals surface area (Å²) in [4.78, 5) is 10.5. The van der Waals surface area contributed by atoms with E-state index in [-0.39, 0.29) is 0 Å². The summed E-state index contributed by atoms with van der Waals surface area (Å²) in [6.45, 7) is 4.32. The zero-order chi connectivity index (χ0) is 16.5. The molecule has 0 amide bonds. The predicted molar refractivity (Wildman–Crippen MR) is 94.2 cm³/mol. The van der Waals surface area contributed by atoms with Gasteiger partial charge in [-0.15, -0.1) is 0 Å². The van der Waals surface area contributed by atoms with Crippen LogP contribution in [0.2, 0.25) is 0 Å². The summed E-state index contributed by atoms with van der Waals surface area (Å²) in [5, 5.41) is 12.1. The van der Waals surface area contributed by atoms with Crippen LogP contribution >= 0.6 is 0 Å². The number of carboxylic acids is 1. The number of hydrogen-bond donors (Lipinski definition) is 3. The van der Waals surface area contributed by atoms with E-state index in [9.17, 15) is 4.79 Å². The highest BCUT2D eigenvalue weighted by atomic mass is 16.4. The fourth-order valence-electron chi connectivity index (χ4n) is 2.60. The zero-order valence-corrected chi connectivity index (χ0v) is 14.6. The van der Waals surface area contributed by atoms with Gasteiger partial charge in [-0.3, -0.25) is 4.79 Å². The fraction of sp³-hybridized carbons (Fsp3) is 0.944. The molecule has 0 saturated heterocycles. The first-order valence-electron chi connectivity index (χ1n) is 9.37. The first kappa shape index (κ1) is 21.4. The third kappa shape index (κ3) is 15.8. The molecule has 4 N–H and O–H groups in total. The first-order chi connectivity index (χ1) is 10.7. The zero-order valence-electron chi connectivity index (χ0n) is 14.6. The number of rotatable bonds is 17. The Morgan fingerprint density at radius 2 is 1.32 bits per heavy atom. The maximum absolute atomic E-state index is 10.5. The number of carbonyl (C=O) groups is 1. The lowest BCUT2D eigenvalue weighted by atomic mass is 10.1. The van der Waals surface area contributed by atoms with Gasteiger partial charge in [0.1, 0.15) is 6.04 Å². The van der Waals surface area contributed by atoms with Crippen molar-refractivity contribution < 1.29 is 9.90 Å². The highest BCUT2D eigenvalue weighted by Gasteiger charge is 2.09. The third-order valence-corrected chi connectivity index (χ3v) is 4.14. The molecule has 0 heterocycles. The molecule has 0 aromatic carbocycles. The van der Waals surface area contributed by atoms with Gasteiger partial charge in [0.25, 0.3) is 0 Å². The van der Waals surface area contributed by atoms with Crippen molar-refractivity contribution in [2.75, 3.05) is 13.1 Å². The summed E-state index contributed by atoms with van der Waals surface area (Å²) < 4.78 is 0. The normalized spacial score (nSPS) is 12.5. The minimum absolute atomic E-state index is 0.579. The molecule has 0 radical (unpaired) electrons. The lowest BCUT2D eigenvalue weighted by Gasteiger charge is -2.07. The number of nitrogens with two attached hydrogens (primary N) is 1. The van der Waals surface area contributed by atoms with Crippen LogP contribution in [0.25, 0.3) is 0 Å². The Morgan fingerprint density at radius 3 is 1.82 bits per heavy atom. The molecule has 132 valence electrons. The van der Waals surface area contributed by atoms with Gasteiger partial charge in [-0.2, -0.15) is 0 Å². The standard InChI is InChI=1S/C18H38N2O2/c1-2-3-4-5-6-7-8-9-10-12-15-20-16-13-11-14-17(19)18(21)22/h17,20H,2-16,19H2,1H3,(H,21,22)/t17-/m0/s1. The van der Waals surface area contributed by atoms with Crippen LogP contribution in [0.4, 0.5) is 0 Å². The summed E-state index contributed by atoms with van der Waals surface area (Å²) in [6.07, 6.45) is 16.2. The van der Waals surface area contributed by atoms with E-state index in [1.807, 2.05) is 0 Å². The van der Waals surface area contributed by atoms with Crippen LogP contribution in [0.1, 0.15) is 90.4 Å². The maximum atomic E-state index is 10.5. The average molecular weight is 315 g/mol. The fourth-order valence-corrected chi connectivity index (χ4v) is 2.60. The summed E-state index contributed by atoms with van der Waals surface area (Å²) in [6, 6.07) is -0.693. The molecule has 0 fully saturated rings. The molecule has 0 spiro atoms. The van der Waals surface area contributed by atoms with Crippen LogP contribution in [0.3, 0.4) is 0 Å². The van der Waals surface area contributed by atoms with Crippen molar-refractivity contribution in [3.63, 3.8) is 0 Å². The average Bonchev–Trinajstić information content (AvgIpc) is 2.50.